The minimum Gasteiger partial charge on any atom is -0.515 e. The maximum Gasteiger partial charge on any atom is 3.00 e. The van der Waals surface area contributed by atoms with Crippen LogP contribution in [0.2, 0.25) is 0 Å². The second-order valence-electron chi connectivity index (χ2n) is 9.40. The molecule has 2 aliphatic rings. The van der Waals surface area contributed by atoms with Gasteiger partial charge in [-0.2, -0.15) is 0 Å². The Morgan fingerprint density at radius 2 is 1.00 bits per heavy atom. The van der Waals surface area contributed by atoms with Gasteiger partial charge < -0.3 is 21.1 Å². The molecule has 2 saturated heterocycles. The van der Waals surface area contributed by atoms with Gasteiger partial charge in [0.2, 0.25) is 0 Å². The fraction of sp³-hybridized carbons (Fsp3) is 0.500. The molecule has 0 aromatic carbocycles. The number of thiol groups is 2. The Morgan fingerprint density at radius 1 is 0.641 bits per heavy atom. The third-order valence-corrected chi connectivity index (χ3v) is 7.17. The standard InChI is InChI=1S/2C14H20N4S.Bi/c2*1-12(13-8-4-5-9-15-13)16-17-14(19)18-10-6-2-3-7-11-18;/h2*4-5,8-9H,2-3,6-7,10-11H2,1H3,(H,15,17,19);/q;;+3. The van der Waals surface area contributed by atoms with Crippen LogP contribution in [0.15, 0.2) is 59.0 Å². The minimum atomic E-state index is 0. The molecule has 0 saturated carbocycles. The van der Waals surface area contributed by atoms with Gasteiger partial charge in [-0.3, -0.25) is 9.97 Å². The van der Waals surface area contributed by atoms with Gasteiger partial charge in [-0.1, -0.05) is 37.8 Å². The number of likely N-dealkylation sites (tertiary alicyclic amines) is 2. The molecule has 2 radical (unpaired) electrons. The fourth-order valence-corrected chi connectivity index (χ4v) is 4.65. The summed E-state index contributed by atoms with van der Waals surface area (Å²) in [4.78, 5) is 12.9. The number of hydrogen-bond acceptors (Lipinski definition) is 4. The van der Waals surface area contributed by atoms with Gasteiger partial charge in [0.15, 0.2) is 34.7 Å². The Bertz CT molecular complexity index is 964. The first-order chi connectivity index (χ1) is 18.5. The zero-order chi connectivity index (χ0) is 27.0. The third-order valence-electron chi connectivity index (χ3n) is 6.43. The molecule has 0 bridgehead atoms. The predicted octanol–water partition coefficient (Wildman–Crippen LogP) is 4.46. The summed E-state index contributed by atoms with van der Waals surface area (Å²) in [6.45, 7) is 7.94. The molecule has 0 aliphatic carbocycles. The van der Waals surface area contributed by atoms with E-state index in [9.17, 15) is 0 Å². The van der Waals surface area contributed by atoms with Crippen molar-refractivity contribution in [2.24, 2.45) is 10.2 Å². The Kier molecular flexibility index (Phi) is 16.6. The molecule has 8 nitrogen and oxygen atoms in total. The van der Waals surface area contributed by atoms with Crippen molar-refractivity contribution < 1.29 is 0 Å². The Balaban J connectivity index is 0.000000267. The van der Waals surface area contributed by atoms with Crippen LogP contribution in [0.4, 0.5) is 0 Å². The van der Waals surface area contributed by atoms with Crippen molar-refractivity contribution in [1.29, 1.82) is 0 Å². The molecular weight excluding hydrogens is 721 g/mol. The van der Waals surface area contributed by atoms with Crippen molar-refractivity contribution in [1.82, 2.24) is 19.8 Å². The van der Waals surface area contributed by atoms with Gasteiger partial charge in [0.1, 0.15) is 0 Å². The fourth-order valence-electron chi connectivity index (χ4n) is 4.16. The molecule has 0 atom stereocenters. The van der Waals surface area contributed by atoms with Gasteiger partial charge in [0.05, 0.1) is 11.4 Å². The largest absolute Gasteiger partial charge is 3.00 e. The topological polar surface area (TPSA) is 85.2 Å². The van der Waals surface area contributed by atoms with Gasteiger partial charge in [-0.25, -0.2) is 9.80 Å². The van der Waals surface area contributed by atoms with Crippen molar-refractivity contribution in [3.8, 4) is 0 Å². The van der Waals surface area contributed by atoms with Crippen molar-refractivity contribution >= 4 is 72.3 Å². The Morgan fingerprint density at radius 3 is 1.31 bits per heavy atom. The monoisotopic (exact) mass is 761 g/mol. The summed E-state index contributed by atoms with van der Waals surface area (Å²) < 4.78 is 0. The molecule has 0 amide bonds. The van der Waals surface area contributed by atoms with Crippen LogP contribution in [0, 0.1) is 0 Å². The van der Waals surface area contributed by atoms with Crippen molar-refractivity contribution in [3.05, 3.63) is 71.0 Å². The molecular formula is C28H40BiN8S2+3. The molecule has 0 unspecified atom stereocenters. The minimum absolute atomic E-state index is 0. The maximum atomic E-state index is 4.46. The van der Waals surface area contributed by atoms with Crippen LogP contribution < -0.4 is 0 Å². The van der Waals surface area contributed by atoms with E-state index in [1.807, 2.05) is 50.2 Å². The van der Waals surface area contributed by atoms with Crippen LogP contribution >= 0.6 is 0 Å². The number of hydrogen-bond donors (Lipinski definition) is 0. The molecule has 2 aromatic rings. The molecule has 2 aromatic heterocycles. The third kappa shape index (κ3) is 12.5. The SMILES string of the molecule is CC(=N[N-]C(=[SH+])N1CCCCCC1)c1ccccn1.CC(=N[N-]C(=[SH+])N1CCCCCC1)c1ccccn1.[Bi+3]. The molecule has 2 aliphatic heterocycles. The van der Waals surface area contributed by atoms with Crippen LogP contribution in [-0.2, 0) is 24.4 Å². The summed E-state index contributed by atoms with van der Waals surface area (Å²) in [5, 5.41) is 9.86. The van der Waals surface area contributed by atoms with E-state index in [0.717, 1.165) is 49.0 Å². The number of rotatable bonds is 4. The number of nitrogens with zero attached hydrogens (tertiary/aromatic N) is 8. The van der Waals surface area contributed by atoms with E-state index in [1.165, 1.54) is 51.4 Å². The normalized spacial score (nSPS) is 17.4. The van der Waals surface area contributed by atoms with Crippen LogP contribution in [-0.4, -0.2) is 93.8 Å². The average molecular weight is 762 g/mol. The predicted molar refractivity (Wildman–Crippen MR) is 173 cm³/mol. The van der Waals surface area contributed by atoms with Crippen LogP contribution in [0.3, 0.4) is 0 Å². The first kappa shape index (κ1) is 33.4. The van der Waals surface area contributed by atoms with E-state index in [1.54, 1.807) is 12.4 Å². The van der Waals surface area contributed by atoms with E-state index >= 15 is 0 Å². The van der Waals surface area contributed by atoms with Crippen LogP contribution in [0.25, 0.3) is 10.9 Å². The average Bonchev–Trinajstić information content (AvgIpc) is 3.42. The smallest absolute Gasteiger partial charge is 0.515 e. The Labute approximate surface area is 263 Å². The Hall–Kier alpha value is -1.78. The van der Waals surface area contributed by atoms with E-state index in [4.69, 9.17) is 0 Å². The summed E-state index contributed by atoms with van der Waals surface area (Å²) in [5.74, 6) is 0. The quantitative estimate of drug-likeness (QED) is 0.115. The van der Waals surface area contributed by atoms with Gasteiger partial charge in [-0.05, 0) is 63.8 Å². The van der Waals surface area contributed by atoms with Crippen LogP contribution in [0.1, 0.15) is 76.6 Å². The van der Waals surface area contributed by atoms with Crippen molar-refractivity contribution in [2.45, 2.75) is 65.2 Å². The number of aromatic nitrogens is 2. The molecule has 0 spiro atoms. The molecule has 39 heavy (non-hydrogen) atoms. The molecule has 206 valence electrons. The van der Waals surface area contributed by atoms with Gasteiger partial charge in [0, 0.05) is 50.0 Å². The molecule has 4 heterocycles. The van der Waals surface area contributed by atoms with E-state index in [0.29, 0.717) is 10.2 Å². The van der Waals surface area contributed by atoms with Gasteiger partial charge in [-0.15, -0.1) is 0 Å². The zero-order valence-corrected chi connectivity index (χ0v) is 28.3. The van der Waals surface area contributed by atoms with Crippen molar-refractivity contribution in [2.75, 3.05) is 26.2 Å². The van der Waals surface area contributed by atoms with E-state index in [2.05, 4.69) is 65.3 Å². The van der Waals surface area contributed by atoms with Gasteiger partial charge in [0.25, 0.3) is 0 Å². The summed E-state index contributed by atoms with van der Waals surface area (Å²) in [6, 6.07) is 11.5. The van der Waals surface area contributed by atoms with Crippen LogP contribution in [0.5, 0.6) is 0 Å². The first-order valence-corrected chi connectivity index (χ1v) is 14.4. The van der Waals surface area contributed by atoms with Crippen molar-refractivity contribution in [3.63, 3.8) is 0 Å². The molecule has 2 fully saturated rings. The summed E-state index contributed by atoms with van der Waals surface area (Å²) in [6.07, 6.45) is 13.6. The second kappa shape index (κ2) is 19.3. The van der Waals surface area contributed by atoms with E-state index in [-0.39, 0.29) is 26.2 Å². The zero-order valence-electron chi connectivity index (χ0n) is 23.0. The second-order valence-corrected chi connectivity index (χ2v) is 10.2. The summed E-state index contributed by atoms with van der Waals surface area (Å²) in [7, 11) is 0. The first-order valence-electron chi connectivity index (χ1n) is 13.5. The summed E-state index contributed by atoms with van der Waals surface area (Å²) >= 11 is 8.91. The number of pyridine rings is 2. The van der Waals surface area contributed by atoms with E-state index < -0.39 is 0 Å². The molecule has 11 heteroatoms. The maximum absolute atomic E-state index is 4.46. The molecule has 0 N–H and O–H groups in total. The molecule has 4 rings (SSSR count). The van der Waals surface area contributed by atoms with Gasteiger partial charge >= 0.3 is 26.2 Å². The summed E-state index contributed by atoms with van der Waals surface area (Å²) in [5.41, 5.74) is 11.8.